The Morgan fingerprint density at radius 2 is 2.02 bits per heavy atom. The second kappa shape index (κ2) is 12.0. The average Bonchev–Trinajstić information content (AvgIpc) is 3.66. The fraction of sp³-hybridized carbons (Fsp3) is 0.484. The highest BCUT2D eigenvalue weighted by atomic mass is 35.5. The molecule has 2 atom stereocenters. The van der Waals surface area contributed by atoms with Crippen molar-refractivity contribution < 1.29 is 18.3 Å². The fourth-order valence-corrected chi connectivity index (χ4v) is 6.28. The summed E-state index contributed by atoms with van der Waals surface area (Å²) in [6.45, 7) is 4.41. The lowest BCUT2D eigenvalue weighted by Gasteiger charge is -2.41. The Hall–Kier alpha value is -3.50. The van der Waals surface area contributed by atoms with Crippen LogP contribution in [-0.2, 0) is 21.6 Å². The van der Waals surface area contributed by atoms with E-state index in [-0.39, 0.29) is 42.6 Å². The zero-order valence-corrected chi connectivity index (χ0v) is 24.5. The lowest BCUT2D eigenvalue weighted by molar-refractivity contribution is -0.141. The van der Waals surface area contributed by atoms with E-state index in [4.69, 9.17) is 30.7 Å². The molecule has 222 valence electrons. The number of rotatable bonds is 9. The highest BCUT2D eigenvalue weighted by Crippen LogP contribution is 2.40. The van der Waals surface area contributed by atoms with Crippen LogP contribution in [0.25, 0.3) is 22.1 Å². The molecule has 42 heavy (non-hydrogen) atoms. The minimum Gasteiger partial charge on any atom is -0.450 e. The quantitative estimate of drug-likeness (QED) is 0.259. The zero-order valence-electron chi connectivity index (χ0n) is 23.7. The molecule has 0 bridgehead atoms. The molecule has 4 aromatic rings. The van der Waals surface area contributed by atoms with Gasteiger partial charge in [0.05, 0.1) is 10.6 Å². The molecule has 5 heterocycles. The number of benzene rings is 1. The molecule has 6 rings (SSSR count). The summed E-state index contributed by atoms with van der Waals surface area (Å²) in [7, 11) is 0. The van der Waals surface area contributed by atoms with Gasteiger partial charge in [-0.25, -0.2) is 14.4 Å². The number of halogens is 2. The third kappa shape index (κ3) is 5.62. The van der Waals surface area contributed by atoms with E-state index >= 15 is 4.39 Å². The maximum absolute atomic E-state index is 15.9. The van der Waals surface area contributed by atoms with Crippen molar-refractivity contribution >= 4 is 45.4 Å². The Kier molecular flexibility index (Phi) is 8.18. The summed E-state index contributed by atoms with van der Waals surface area (Å²) >= 11 is 6.00. The van der Waals surface area contributed by atoms with Gasteiger partial charge in [0, 0.05) is 63.1 Å². The number of alkyl halides is 1. The van der Waals surface area contributed by atoms with E-state index in [1.807, 2.05) is 24.3 Å². The molecule has 0 aliphatic carbocycles. The SMILES string of the molecule is CC1CN(C(=O)COCCCCc2nc(N3CCCC3)c3oc4ccccc4c3n2)CCC1(F)c1cc(Cl)c[nH]c1=O. The van der Waals surface area contributed by atoms with Crippen LogP contribution in [0.4, 0.5) is 10.2 Å². The third-order valence-corrected chi connectivity index (χ3v) is 8.73. The number of likely N-dealkylation sites (tertiary alicyclic amines) is 1. The number of pyridine rings is 1. The first-order valence-electron chi connectivity index (χ1n) is 14.7. The van der Waals surface area contributed by atoms with Crippen LogP contribution >= 0.6 is 11.6 Å². The van der Waals surface area contributed by atoms with Crippen molar-refractivity contribution in [3.63, 3.8) is 0 Å². The van der Waals surface area contributed by atoms with Crippen LogP contribution in [0.1, 0.15) is 50.4 Å². The Balaban J connectivity index is 1.01. The first kappa shape index (κ1) is 28.6. The third-order valence-electron chi connectivity index (χ3n) is 8.51. The summed E-state index contributed by atoms with van der Waals surface area (Å²) < 4.78 is 27.8. The number of carbonyl (C=O) groups excluding carboxylic acids is 1. The molecule has 0 saturated carbocycles. The molecule has 0 spiro atoms. The topological polar surface area (TPSA) is 105 Å². The monoisotopic (exact) mass is 595 g/mol. The van der Waals surface area contributed by atoms with Gasteiger partial charge in [-0.05, 0) is 43.9 Å². The second-order valence-electron chi connectivity index (χ2n) is 11.4. The average molecular weight is 596 g/mol. The lowest BCUT2D eigenvalue weighted by atomic mass is 9.79. The van der Waals surface area contributed by atoms with Gasteiger partial charge in [-0.2, -0.15) is 0 Å². The number of anilines is 1. The van der Waals surface area contributed by atoms with Crippen molar-refractivity contribution in [3.05, 3.63) is 63.3 Å². The summed E-state index contributed by atoms with van der Waals surface area (Å²) in [6, 6.07) is 9.33. The number of piperidine rings is 1. The van der Waals surface area contributed by atoms with Gasteiger partial charge in [0.1, 0.15) is 29.2 Å². The standard InChI is InChI=1S/C31H35ClFN5O4/c1-20-18-38(14-11-31(20,33)23-16-21(32)17-34-30(23)40)26(39)19-41-15-7-4-10-25-35-27-22-8-2-3-9-24(22)42-28(27)29(36-25)37-12-5-6-13-37/h2-3,8-9,16-17,20H,4-7,10-15,18-19H2,1H3,(H,34,40). The fourth-order valence-electron chi connectivity index (χ4n) is 6.12. The van der Waals surface area contributed by atoms with Gasteiger partial charge in [0.2, 0.25) is 5.91 Å². The molecule has 2 saturated heterocycles. The number of unbranched alkanes of at least 4 members (excludes halogenated alkanes) is 1. The van der Waals surface area contributed by atoms with Crippen molar-refractivity contribution in [2.24, 2.45) is 5.92 Å². The normalized spacial score (nSPS) is 21.1. The number of carbonyl (C=O) groups is 1. The van der Waals surface area contributed by atoms with E-state index in [0.717, 1.165) is 72.5 Å². The van der Waals surface area contributed by atoms with Crippen LogP contribution < -0.4 is 10.5 Å². The number of hydrogen-bond donors (Lipinski definition) is 1. The number of fused-ring (bicyclic) bond motifs is 3. The van der Waals surface area contributed by atoms with E-state index in [9.17, 15) is 9.59 Å². The first-order chi connectivity index (χ1) is 20.3. The zero-order chi connectivity index (χ0) is 29.3. The van der Waals surface area contributed by atoms with Gasteiger partial charge < -0.3 is 23.9 Å². The molecule has 1 aromatic carbocycles. The smallest absolute Gasteiger partial charge is 0.254 e. The summed E-state index contributed by atoms with van der Waals surface area (Å²) in [5.41, 5.74) is 0.0944. The number of furan rings is 1. The molecule has 2 fully saturated rings. The maximum atomic E-state index is 15.9. The van der Waals surface area contributed by atoms with E-state index < -0.39 is 17.1 Å². The van der Waals surface area contributed by atoms with Crippen LogP contribution in [0, 0.1) is 5.92 Å². The summed E-state index contributed by atoms with van der Waals surface area (Å²) in [6.07, 6.45) is 5.91. The summed E-state index contributed by atoms with van der Waals surface area (Å²) in [4.78, 5) is 41.2. The highest BCUT2D eigenvalue weighted by Gasteiger charge is 2.45. The number of amides is 1. The molecule has 0 radical (unpaired) electrons. The number of para-hydroxylation sites is 1. The maximum Gasteiger partial charge on any atom is 0.254 e. The number of aromatic amines is 1. The molecular weight excluding hydrogens is 561 g/mol. The molecule has 2 aliphatic heterocycles. The number of nitrogens with one attached hydrogen (secondary N) is 1. The molecule has 3 aromatic heterocycles. The largest absolute Gasteiger partial charge is 0.450 e. The minimum absolute atomic E-state index is 0.0162. The van der Waals surface area contributed by atoms with Gasteiger partial charge >= 0.3 is 0 Å². The van der Waals surface area contributed by atoms with E-state index in [1.165, 1.54) is 12.3 Å². The number of aromatic nitrogens is 3. The molecule has 1 N–H and O–H groups in total. The number of aryl methyl sites for hydroxylation is 1. The summed E-state index contributed by atoms with van der Waals surface area (Å²) in [5, 5.41) is 1.27. The number of nitrogens with zero attached hydrogens (tertiary/aromatic N) is 4. The number of ether oxygens (including phenoxy) is 1. The summed E-state index contributed by atoms with van der Waals surface area (Å²) in [5.74, 6) is 0.908. The Bertz CT molecular complexity index is 1650. The van der Waals surface area contributed by atoms with E-state index in [1.54, 1.807) is 11.8 Å². The van der Waals surface area contributed by atoms with E-state index in [0.29, 0.717) is 13.0 Å². The molecule has 2 unspecified atom stereocenters. The van der Waals surface area contributed by atoms with Crippen molar-refractivity contribution in [2.75, 3.05) is 44.3 Å². The lowest BCUT2D eigenvalue weighted by Crippen LogP contribution is -2.51. The van der Waals surface area contributed by atoms with Gasteiger partial charge in [-0.3, -0.25) is 9.59 Å². The molecule has 2 aliphatic rings. The molecule has 9 nitrogen and oxygen atoms in total. The van der Waals surface area contributed by atoms with Gasteiger partial charge in [-0.15, -0.1) is 0 Å². The predicted molar refractivity (Wildman–Crippen MR) is 160 cm³/mol. The van der Waals surface area contributed by atoms with Gasteiger partial charge in [-0.1, -0.05) is 30.7 Å². The van der Waals surface area contributed by atoms with Crippen LogP contribution in [-0.4, -0.2) is 65.2 Å². The van der Waals surface area contributed by atoms with Crippen LogP contribution in [0.5, 0.6) is 0 Å². The second-order valence-corrected chi connectivity index (χ2v) is 11.8. The van der Waals surface area contributed by atoms with Crippen molar-refractivity contribution in [1.29, 1.82) is 0 Å². The number of H-pyrrole nitrogens is 1. The van der Waals surface area contributed by atoms with Gasteiger partial charge in [0.25, 0.3) is 5.56 Å². The highest BCUT2D eigenvalue weighted by molar-refractivity contribution is 6.30. The van der Waals surface area contributed by atoms with E-state index in [2.05, 4.69) is 9.88 Å². The van der Waals surface area contributed by atoms with Crippen LogP contribution in [0.3, 0.4) is 0 Å². The van der Waals surface area contributed by atoms with Crippen molar-refractivity contribution in [2.45, 2.75) is 51.1 Å². The first-order valence-corrected chi connectivity index (χ1v) is 15.1. The Labute approximate surface area is 248 Å². The van der Waals surface area contributed by atoms with Crippen molar-refractivity contribution in [3.8, 4) is 0 Å². The molecule has 11 heteroatoms. The number of hydrogen-bond acceptors (Lipinski definition) is 7. The van der Waals surface area contributed by atoms with Crippen molar-refractivity contribution in [1.82, 2.24) is 19.9 Å². The predicted octanol–water partition coefficient (Wildman–Crippen LogP) is 5.39. The van der Waals surface area contributed by atoms with Crippen LogP contribution in [0.15, 0.2) is 45.7 Å². The Morgan fingerprint density at radius 1 is 1.21 bits per heavy atom. The molecular formula is C31H35ClFN5O4. The molecule has 1 amide bonds. The van der Waals surface area contributed by atoms with Crippen LogP contribution in [0.2, 0.25) is 5.02 Å². The minimum atomic E-state index is -1.85. The Morgan fingerprint density at radius 3 is 2.83 bits per heavy atom. The van der Waals surface area contributed by atoms with Gasteiger partial charge in [0.15, 0.2) is 11.4 Å².